The fraction of sp³-hybridized carbons (Fsp3) is 0.154. The van der Waals surface area contributed by atoms with Crippen molar-refractivity contribution in [1.29, 1.82) is 0 Å². The number of carbonyl (C=O) groups is 4. The van der Waals surface area contributed by atoms with Crippen LogP contribution in [0.3, 0.4) is 0 Å². The van der Waals surface area contributed by atoms with Gasteiger partial charge in [-0.1, -0.05) is 72.8 Å². The van der Waals surface area contributed by atoms with Crippen molar-refractivity contribution in [3.63, 3.8) is 0 Å². The second kappa shape index (κ2) is 12.0. The summed E-state index contributed by atoms with van der Waals surface area (Å²) in [5, 5.41) is 7.11. The topological polar surface area (TPSA) is 114 Å². The van der Waals surface area contributed by atoms with Crippen molar-refractivity contribution in [2.75, 3.05) is 6.54 Å². The Kier molecular flexibility index (Phi) is 8.51. The highest BCUT2D eigenvalue weighted by molar-refractivity contribution is 5.98. The van der Waals surface area contributed by atoms with Crippen LogP contribution in [0.1, 0.15) is 22.8 Å². The Morgan fingerprint density at radius 1 is 0.765 bits per heavy atom. The van der Waals surface area contributed by atoms with Gasteiger partial charge >= 0.3 is 12.0 Å². The van der Waals surface area contributed by atoms with Gasteiger partial charge in [0.2, 0.25) is 0 Å². The van der Waals surface area contributed by atoms with Gasteiger partial charge in [0.1, 0.15) is 6.54 Å². The summed E-state index contributed by atoms with van der Waals surface area (Å²) in [6, 6.07) is 25.2. The summed E-state index contributed by atoms with van der Waals surface area (Å²) in [6.07, 6.45) is -1.21. The molecule has 1 unspecified atom stereocenters. The lowest BCUT2D eigenvalue weighted by Gasteiger charge is -2.14. The Balaban J connectivity index is 1.40. The van der Waals surface area contributed by atoms with E-state index in [2.05, 4.69) is 16.0 Å². The molecule has 34 heavy (non-hydrogen) atoms. The Bertz CT molecular complexity index is 1130. The molecule has 8 heteroatoms. The van der Waals surface area contributed by atoms with Gasteiger partial charge in [-0.3, -0.25) is 19.7 Å². The number of carbonyl (C=O) groups excluding carboxylic acids is 4. The van der Waals surface area contributed by atoms with Gasteiger partial charge in [0, 0.05) is 12.1 Å². The number of ether oxygens (including phenoxy) is 1. The zero-order chi connectivity index (χ0) is 24.3. The van der Waals surface area contributed by atoms with Crippen LogP contribution in [0, 0.1) is 0 Å². The minimum Gasteiger partial charge on any atom is -0.451 e. The Morgan fingerprint density at radius 3 is 2.00 bits per heavy atom. The van der Waals surface area contributed by atoms with Crippen molar-refractivity contribution in [3.8, 4) is 11.1 Å². The zero-order valence-corrected chi connectivity index (χ0v) is 18.6. The van der Waals surface area contributed by atoms with Crippen LogP contribution in [-0.4, -0.2) is 36.5 Å². The number of esters is 1. The summed E-state index contributed by atoms with van der Waals surface area (Å²) < 4.78 is 4.99. The van der Waals surface area contributed by atoms with Crippen LogP contribution in [0.5, 0.6) is 0 Å². The number of benzene rings is 3. The first-order chi connectivity index (χ1) is 16.4. The predicted octanol–water partition coefficient (Wildman–Crippen LogP) is 3.04. The average Bonchev–Trinajstić information content (AvgIpc) is 2.87. The maximum absolute atomic E-state index is 12.3. The number of hydrogen-bond donors (Lipinski definition) is 3. The molecule has 0 aliphatic heterocycles. The van der Waals surface area contributed by atoms with Gasteiger partial charge < -0.3 is 15.4 Å². The molecule has 0 fully saturated rings. The molecule has 3 aromatic rings. The molecule has 0 heterocycles. The van der Waals surface area contributed by atoms with Crippen molar-refractivity contribution in [2.24, 2.45) is 0 Å². The van der Waals surface area contributed by atoms with E-state index in [-0.39, 0.29) is 6.54 Å². The van der Waals surface area contributed by atoms with Crippen LogP contribution >= 0.6 is 0 Å². The van der Waals surface area contributed by atoms with Crippen molar-refractivity contribution in [2.45, 2.75) is 19.6 Å². The smallest absolute Gasteiger partial charge is 0.326 e. The van der Waals surface area contributed by atoms with Gasteiger partial charge in [0.05, 0.1) is 0 Å². The van der Waals surface area contributed by atoms with Gasteiger partial charge in [-0.2, -0.15) is 0 Å². The molecule has 0 aliphatic carbocycles. The first kappa shape index (κ1) is 24.2. The molecule has 0 aromatic heterocycles. The molecular weight excluding hydrogens is 434 g/mol. The van der Waals surface area contributed by atoms with Crippen LogP contribution in [0.2, 0.25) is 0 Å². The monoisotopic (exact) mass is 459 g/mol. The van der Waals surface area contributed by atoms with Crippen molar-refractivity contribution in [1.82, 2.24) is 16.0 Å². The van der Waals surface area contributed by atoms with Crippen molar-refractivity contribution >= 4 is 23.8 Å². The van der Waals surface area contributed by atoms with E-state index < -0.39 is 36.5 Å². The number of rotatable bonds is 8. The van der Waals surface area contributed by atoms with Gasteiger partial charge in [-0.25, -0.2) is 4.79 Å². The molecule has 1 atom stereocenters. The van der Waals surface area contributed by atoms with Crippen molar-refractivity contribution < 1.29 is 23.9 Å². The second-order valence-corrected chi connectivity index (χ2v) is 7.42. The number of imide groups is 1. The van der Waals surface area contributed by atoms with E-state index in [4.69, 9.17) is 4.74 Å². The first-order valence-corrected chi connectivity index (χ1v) is 10.7. The highest BCUT2D eigenvalue weighted by atomic mass is 16.5. The minimum absolute atomic E-state index is 0.243. The van der Waals surface area contributed by atoms with Crippen LogP contribution in [-0.2, 0) is 20.9 Å². The molecule has 174 valence electrons. The quantitative estimate of drug-likeness (QED) is 0.448. The summed E-state index contributed by atoms with van der Waals surface area (Å²) in [5.74, 6) is -2.03. The van der Waals surface area contributed by atoms with Gasteiger partial charge in [-0.05, 0) is 35.7 Å². The molecular formula is C26H25N3O5. The third-order valence-electron chi connectivity index (χ3n) is 4.86. The molecule has 3 N–H and O–H groups in total. The molecule has 8 nitrogen and oxygen atoms in total. The molecule has 0 bridgehead atoms. The van der Waals surface area contributed by atoms with Gasteiger partial charge in [0.25, 0.3) is 11.8 Å². The van der Waals surface area contributed by atoms with Crippen LogP contribution in [0.15, 0.2) is 84.9 Å². The van der Waals surface area contributed by atoms with E-state index in [9.17, 15) is 19.2 Å². The Morgan fingerprint density at radius 2 is 1.35 bits per heavy atom. The van der Waals surface area contributed by atoms with Gasteiger partial charge in [-0.15, -0.1) is 0 Å². The molecule has 0 saturated heterocycles. The summed E-state index contributed by atoms with van der Waals surface area (Å²) in [5.41, 5.74) is 3.24. The fourth-order valence-corrected chi connectivity index (χ4v) is 3.03. The molecule has 0 radical (unpaired) electrons. The molecule has 0 spiro atoms. The van der Waals surface area contributed by atoms with E-state index in [1.807, 2.05) is 72.8 Å². The fourth-order valence-electron chi connectivity index (χ4n) is 3.03. The summed E-state index contributed by atoms with van der Waals surface area (Å²) in [6.45, 7) is 1.16. The number of hydrogen-bond acceptors (Lipinski definition) is 5. The van der Waals surface area contributed by atoms with Crippen molar-refractivity contribution in [3.05, 3.63) is 96.1 Å². The molecule has 4 amide bonds. The summed E-state index contributed by atoms with van der Waals surface area (Å²) >= 11 is 0. The maximum atomic E-state index is 12.3. The number of nitrogens with one attached hydrogen (secondary N) is 3. The van der Waals surface area contributed by atoms with E-state index in [0.29, 0.717) is 5.56 Å². The van der Waals surface area contributed by atoms with Crippen LogP contribution < -0.4 is 16.0 Å². The van der Waals surface area contributed by atoms with E-state index in [1.165, 1.54) is 6.92 Å². The Labute approximate surface area is 197 Å². The normalized spacial score (nSPS) is 11.1. The first-order valence-electron chi connectivity index (χ1n) is 10.7. The number of urea groups is 1. The van der Waals surface area contributed by atoms with Crippen LogP contribution in [0.25, 0.3) is 11.1 Å². The Hall–Kier alpha value is -4.46. The lowest BCUT2D eigenvalue weighted by atomic mass is 10.0. The molecule has 3 rings (SSSR count). The second-order valence-electron chi connectivity index (χ2n) is 7.42. The summed E-state index contributed by atoms with van der Waals surface area (Å²) in [7, 11) is 0. The standard InChI is InChI=1S/C26H25N3O5/c1-18(24(31)29-26(33)28-16-19-8-4-2-5-9-19)34-23(30)17-27-25(32)22-14-12-21(13-15-22)20-10-6-3-7-11-20/h2-15,18H,16-17H2,1H3,(H,27,32)(H2,28,29,31,33). The maximum Gasteiger partial charge on any atom is 0.326 e. The number of amides is 4. The third-order valence-corrected chi connectivity index (χ3v) is 4.86. The average molecular weight is 460 g/mol. The summed E-state index contributed by atoms with van der Waals surface area (Å²) in [4.78, 5) is 48.2. The molecule has 3 aromatic carbocycles. The SMILES string of the molecule is CC(OC(=O)CNC(=O)c1ccc(-c2ccccc2)cc1)C(=O)NC(=O)NCc1ccccc1. The molecule has 0 saturated carbocycles. The van der Waals surface area contributed by atoms with E-state index >= 15 is 0 Å². The highest BCUT2D eigenvalue weighted by Gasteiger charge is 2.20. The van der Waals surface area contributed by atoms with E-state index in [0.717, 1.165) is 16.7 Å². The minimum atomic E-state index is -1.21. The van der Waals surface area contributed by atoms with E-state index in [1.54, 1.807) is 12.1 Å². The lowest BCUT2D eigenvalue weighted by Crippen LogP contribution is -2.45. The largest absolute Gasteiger partial charge is 0.451 e. The third kappa shape index (κ3) is 7.30. The molecule has 0 aliphatic rings. The highest BCUT2D eigenvalue weighted by Crippen LogP contribution is 2.19. The zero-order valence-electron chi connectivity index (χ0n) is 18.6. The lowest BCUT2D eigenvalue weighted by molar-refractivity contribution is -0.153. The van der Waals surface area contributed by atoms with Gasteiger partial charge in [0.15, 0.2) is 6.10 Å². The van der Waals surface area contributed by atoms with Crippen LogP contribution in [0.4, 0.5) is 4.79 Å². The predicted molar refractivity (Wildman–Crippen MR) is 127 cm³/mol.